The Labute approximate surface area is 129 Å². The van der Waals surface area contributed by atoms with Crippen LogP contribution in [0.15, 0.2) is 24.3 Å². The van der Waals surface area contributed by atoms with E-state index in [9.17, 15) is 5.26 Å². The molecule has 0 bridgehead atoms. The molecule has 1 aromatic heterocycles. The first kappa shape index (κ1) is 13.9. The summed E-state index contributed by atoms with van der Waals surface area (Å²) in [4.78, 5) is 4.52. The molecule has 1 heterocycles. The molecule has 0 atom stereocenters. The first-order valence-corrected chi connectivity index (χ1v) is 7.48. The van der Waals surface area contributed by atoms with E-state index in [1.165, 1.54) is 5.56 Å². The highest BCUT2D eigenvalue weighted by Crippen LogP contribution is 2.31. The summed E-state index contributed by atoms with van der Waals surface area (Å²) >= 11 is 6.11. The fourth-order valence-electron chi connectivity index (χ4n) is 2.61. The number of aromatic nitrogens is 1. The lowest BCUT2D eigenvalue weighted by Gasteiger charge is -2.10. The summed E-state index contributed by atoms with van der Waals surface area (Å²) in [5.74, 6) is 1.06. The van der Waals surface area contributed by atoms with Crippen LogP contribution in [0.2, 0.25) is 5.02 Å². The summed E-state index contributed by atoms with van der Waals surface area (Å²) < 4.78 is 5.83. The molecule has 1 aromatic carbocycles. The number of benzene rings is 1. The molecule has 3 rings (SSSR count). The number of nitriles is 1. The van der Waals surface area contributed by atoms with Crippen LogP contribution in [-0.2, 0) is 19.3 Å². The Bertz CT molecular complexity index is 734. The molecule has 0 unspecified atom stereocenters. The lowest BCUT2D eigenvalue weighted by Crippen LogP contribution is -1.97. The van der Waals surface area contributed by atoms with E-state index in [2.05, 4.69) is 11.1 Å². The van der Waals surface area contributed by atoms with Gasteiger partial charge in [-0.15, -0.1) is 0 Å². The molecule has 3 nitrogen and oxygen atoms in total. The van der Waals surface area contributed by atoms with Crippen LogP contribution in [0.4, 0.5) is 0 Å². The van der Waals surface area contributed by atoms with Gasteiger partial charge in [0.1, 0.15) is 17.4 Å². The van der Waals surface area contributed by atoms with Crippen molar-refractivity contribution in [2.75, 3.05) is 0 Å². The van der Waals surface area contributed by atoms with Crippen LogP contribution < -0.4 is 4.74 Å². The molecule has 0 amide bonds. The second-order valence-electron chi connectivity index (χ2n) is 5.12. The van der Waals surface area contributed by atoms with E-state index in [0.29, 0.717) is 17.2 Å². The third-order valence-corrected chi connectivity index (χ3v) is 4.12. The van der Waals surface area contributed by atoms with Crippen LogP contribution in [0, 0.1) is 11.3 Å². The smallest absolute Gasteiger partial charge is 0.237 e. The van der Waals surface area contributed by atoms with Crippen molar-refractivity contribution in [2.24, 2.45) is 0 Å². The fourth-order valence-corrected chi connectivity index (χ4v) is 2.86. The maximum absolute atomic E-state index is 9.28. The van der Waals surface area contributed by atoms with Gasteiger partial charge >= 0.3 is 0 Å². The third kappa shape index (κ3) is 2.72. The summed E-state index contributed by atoms with van der Waals surface area (Å²) in [6.07, 6.45) is 3.88. The van der Waals surface area contributed by atoms with Crippen molar-refractivity contribution >= 4 is 11.6 Å². The maximum Gasteiger partial charge on any atom is 0.237 e. The number of hydrogen-bond donors (Lipinski definition) is 0. The predicted octanol–water partition coefficient (Wildman–Crippen LogP) is 4.45. The zero-order valence-electron chi connectivity index (χ0n) is 11.8. The molecule has 1 aliphatic rings. The Morgan fingerprint density at radius 3 is 2.95 bits per heavy atom. The number of hydrogen-bond acceptors (Lipinski definition) is 3. The van der Waals surface area contributed by atoms with E-state index in [1.807, 2.05) is 25.1 Å². The minimum absolute atomic E-state index is 0.391. The summed E-state index contributed by atoms with van der Waals surface area (Å²) in [6.45, 7) is 2.04. The molecule has 4 heteroatoms. The number of aryl methyl sites for hydroxylation is 3. The van der Waals surface area contributed by atoms with Crippen molar-refractivity contribution in [3.63, 3.8) is 0 Å². The van der Waals surface area contributed by atoms with Crippen LogP contribution >= 0.6 is 11.6 Å². The molecule has 0 spiro atoms. The highest BCUT2D eigenvalue weighted by atomic mass is 35.5. The van der Waals surface area contributed by atoms with Gasteiger partial charge in [0.05, 0.1) is 0 Å². The summed E-state index contributed by atoms with van der Waals surface area (Å²) in [5.41, 5.74) is 3.73. The number of pyridine rings is 1. The molecular weight excluding hydrogens is 284 g/mol. The topological polar surface area (TPSA) is 45.9 Å². The molecule has 0 N–H and O–H groups in total. The van der Waals surface area contributed by atoms with Gasteiger partial charge in [-0.25, -0.2) is 4.98 Å². The average molecular weight is 299 g/mol. The van der Waals surface area contributed by atoms with E-state index in [4.69, 9.17) is 16.3 Å². The van der Waals surface area contributed by atoms with E-state index in [-0.39, 0.29) is 0 Å². The van der Waals surface area contributed by atoms with Gasteiger partial charge in [-0.05, 0) is 61.1 Å². The highest BCUT2D eigenvalue weighted by Gasteiger charge is 2.17. The summed E-state index contributed by atoms with van der Waals surface area (Å²) in [6, 6.07) is 9.59. The van der Waals surface area contributed by atoms with Gasteiger partial charge in [0.2, 0.25) is 5.88 Å². The van der Waals surface area contributed by atoms with Crippen molar-refractivity contribution in [2.45, 2.75) is 32.6 Å². The second-order valence-corrected chi connectivity index (χ2v) is 5.53. The van der Waals surface area contributed by atoms with Gasteiger partial charge in [-0.1, -0.05) is 18.5 Å². The van der Waals surface area contributed by atoms with Crippen molar-refractivity contribution in [3.8, 4) is 17.7 Å². The molecule has 0 aliphatic heterocycles. The Morgan fingerprint density at radius 1 is 1.33 bits per heavy atom. The summed E-state index contributed by atoms with van der Waals surface area (Å²) in [5, 5.41) is 10.0. The maximum atomic E-state index is 9.28. The number of halogens is 1. The molecular formula is C17H15ClN2O. The zero-order valence-corrected chi connectivity index (χ0v) is 12.6. The molecule has 0 saturated carbocycles. The fraction of sp³-hybridized carbons (Fsp3) is 0.294. The monoisotopic (exact) mass is 298 g/mol. The first-order chi connectivity index (χ1) is 10.2. The van der Waals surface area contributed by atoms with Gasteiger partial charge in [0.15, 0.2) is 0 Å². The van der Waals surface area contributed by atoms with Crippen molar-refractivity contribution < 1.29 is 4.74 Å². The Hall–Kier alpha value is -2.05. The number of fused-ring (bicyclic) bond motifs is 1. The first-order valence-electron chi connectivity index (χ1n) is 7.10. The number of ether oxygens (including phenoxy) is 1. The molecule has 2 aromatic rings. The molecule has 1 aliphatic carbocycles. The van der Waals surface area contributed by atoms with E-state index in [0.717, 1.165) is 42.0 Å². The molecule has 0 fully saturated rings. The minimum atomic E-state index is 0.391. The van der Waals surface area contributed by atoms with E-state index < -0.39 is 0 Å². The van der Waals surface area contributed by atoms with Gasteiger partial charge < -0.3 is 4.74 Å². The quantitative estimate of drug-likeness (QED) is 0.841. The lowest BCUT2D eigenvalue weighted by atomic mass is 10.1. The summed E-state index contributed by atoms with van der Waals surface area (Å²) in [7, 11) is 0. The van der Waals surface area contributed by atoms with Crippen LogP contribution in [0.1, 0.15) is 35.7 Å². The largest absolute Gasteiger partial charge is 0.438 e. The van der Waals surface area contributed by atoms with E-state index >= 15 is 0 Å². The van der Waals surface area contributed by atoms with E-state index in [1.54, 1.807) is 6.07 Å². The van der Waals surface area contributed by atoms with Gasteiger partial charge in [0.25, 0.3) is 0 Å². The van der Waals surface area contributed by atoms with Gasteiger partial charge in [-0.2, -0.15) is 5.26 Å². The van der Waals surface area contributed by atoms with Crippen LogP contribution in [0.5, 0.6) is 11.6 Å². The van der Waals surface area contributed by atoms with Crippen molar-refractivity contribution in [1.29, 1.82) is 5.26 Å². The van der Waals surface area contributed by atoms with Crippen molar-refractivity contribution in [1.82, 2.24) is 4.98 Å². The van der Waals surface area contributed by atoms with Crippen LogP contribution in [0.25, 0.3) is 0 Å². The third-order valence-electron chi connectivity index (χ3n) is 3.75. The standard InChI is InChI=1S/C17H15ClN2O/c1-2-11-9-14(6-7-15(11)18)21-17-13(10-19)8-12-4-3-5-16(12)20-17/h6-9H,2-5H2,1H3. The minimum Gasteiger partial charge on any atom is -0.438 e. The van der Waals surface area contributed by atoms with Crippen molar-refractivity contribution in [3.05, 3.63) is 51.7 Å². The highest BCUT2D eigenvalue weighted by molar-refractivity contribution is 6.31. The average Bonchev–Trinajstić information content (AvgIpc) is 2.95. The molecule has 0 radical (unpaired) electrons. The Balaban J connectivity index is 1.96. The Kier molecular flexibility index (Phi) is 3.81. The zero-order chi connectivity index (χ0) is 14.8. The second kappa shape index (κ2) is 5.75. The van der Waals surface area contributed by atoms with Gasteiger partial charge in [-0.3, -0.25) is 0 Å². The number of rotatable bonds is 3. The number of nitrogens with zero attached hydrogens (tertiary/aromatic N) is 2. The SMILES string of the molecule is CCc1cc(Oc2nc3c(cc2C#N)CCC3)ccc1Cl. The van der Waals surface area contributed by atoms with Gasteiger partial charge in [0, 0.05) is 10.7 Å². The molecule has 106 valence electrons. The Morgan fingerprint density at radius 2 is 2.19 bits per heavy atom. The van der Waals surface area contributed by atoms with Crippen LogP contribution in [0.3, 0.4) is 0 Å². The normalized spacial score (nSPS) is 12.8. The predicted molar refractivity (Wildman–Crippen MR) is 81.9 cm³/mol. The lowest BCUT2D eigenvalue weighted by molar-refractivity contribution is 0.459. The van der Waals surface area contributed by atoms with Crippen LogP contribution in [-0.4, -0.2) is 4.98 Å². The molecule has 0 saturated heterocycles. The molecule has 21 heavy (non-hydrogen) atoms.